The summed E-state index contributed by atoms with van der Waals surface area (Å²) in [5, 5.41) is 4.54. The second kappa shape index (κ2) is 8.31. The van der Waals surface area contributed by atoms with E-state index < -0.39 is 6.04 Å². The maximum Gasteiger partial charge on any atom is 0.324 e. The number of nitrogens with two attached hydrogens (primary N) is 1. The highest BCUT2D eigenvalue weighted by molar-refractivity contribution is 5.97. The van der Waals surface area contributed by atoms with E-state index in [-0.39, 0.29) is 23.8 Å². The molecule has 1 saturated heterocycles. The maximum absolute atomic E-state index is 13.8. The summed E-state index contributed by atoms with van der Waals surface area (Å²) >= 11 is 0. The topological polar surface area (TPSA) is 66.0 Å². The highest BCUT2D eigenvalue weighted by Gasteiger charge is 2.33. The first-order valence-corrected chi connectivity index (χ1v) is 9.28. The molecule has 3 N–H and O–H groups in total. The van der Waals surface area contributed by atoms with Gasteiger partial charge in [-0.05, 0) is 31.0 Å². The van der Waals surface area contributed by atoms with Gasteiger partial charge in [0.1, 0.15) is 11.9 Å². The van der Waals surface area contributed by atoms with Gasteiger partial charge in [-0.2, -0.15) is 0 Å². The van der Waals surface area contributed by atoms with Gasteiger partial charge in [-0.1, -0.05) is 43.3 Å². The van der Waals surface area contributed by atoms with Gasteiger partial charge in [0.25, 0.3) is 5.91 Å². The molecular weight excluding hydrogens is 345 g/mol. The molecule has 2 aromatic rings. The molecule has 0 aliphatic carbocycles. The Kier molecular flexibility index (Phi) is 5.86. The number of benzene rings is 2. The largest absolute Gasteiger partial charge is 0.336 e. The molecule has 0 spiro atoms. The van der Waals surface area contributed by atoms with Gasteiger partial charge < -0.3 is 10.6 Å². The first kappa shape index (κ1) is 19.0. The van der Waals surface area contributed by atoms with Crippen molar-refractivity contribution in [3.63, 3.8) is 0 Å². The van der Waals surface area contributed by atoms with Crippen LogP contribution in [0.15, 0.2) is 48.5 Å². The Balaban J connectivity index is 1.87. The van der Waals surface area contributed by atoms with E-state index in [1.54, 1.807) is 13.0 Å². The number of carbonyl (C=O) groups excluding carboxylic acids is 2. The third-order valence-corrected chi connectivity index (χ3v) is 4.95. The van der Waals surface area contributed by atoms with Crippen LogP contribution < -0.4 is 10.6 Å². The van der Waals surface area contributed by atoms with Gasteiger partial charge in [0.05, 0.1) is 0 Å². The van der Waals surface area contributed by atoms with Crippen molar-refractivity contribution < 1.29 is 19.3 Å². The monoisotopic (exact) mass is 370 g/mol. The summed E-state index contributed by atoms with van der Waals surface area (Å²) in [7, 11) is 0. The Morgan fingerprint density at radius 2 is 1.96 bits per heavy atom. The molecule has 0 radical (unpaired) electrons. The van der Waals surface area contributed by atoms with Crippen molar-refractivity contribution >= 4 is 11.9 Å². The Labute approximate surface area is 158 Å². The molecular formula is C21H25FN3O2+. The zero-order valence-electron chi connectivity index (χ0n) is 15.6. The Morgan fingerprint density at radius 1 is 1.22 bits per heavy atom. The predicted molar refractivity (Wildman–Crippen MR) is 101 cm³/mol. The van der Waals surface area contributed by atoms with E-state index in [0.29, 0.717) is 13.1 Å². The zero-order valence-corrected chi connectivity index (χ0v) is 15.6. The summed E-state index contributed by atoms with van der Waals surface area (Å²) in [6.45, 7) is 4.72. The fourth-order valence-corrected chi connectivity index (χ4v) is 3.37. The molecule has 0 saturated carbocycles. The molecule has 142 valence electrons. The first-order chi connectivity index (χ1) is 13.0. The smallest absolute Gasteiger partial charge is 0.324 e. The molecule has 3 rings (SSSR count). The Hall–Kier alpha value is -2.73. The van der Waals surface area contributed by atoms with Crippen molar-refractivity contribution in [2.45, 2.75) is 32.4 Å². The number of rotatable bonds is 6. The number of nitrogens with zero attached hydrogens (tertiary/aromatic N) is 1. The highest BCUT2D eigenvalue weighted by Crippen LogP contribution is 2.20. The summed E-state index contributed by atoms with van der Waals surface area (Å²) in [6, 6.07) is 13.5. The molecule has 1 heterocycles. The number of imide groups is 1. The molecule has 2 atom stereocenters. The molecule has 0 unspecified atom stereocenters. The summed E-state index contributed by atoms with van der Waals surface area (Å²) in [5.41, 5.74) is 2.99. The van der Waals surface area contributed by atoms with Crippen LogP contribution in [0.4, 0.5) is 9.18 Å². The van der Waals surface area contributed by atoms with Crippen LogP contribution in [0.5, 0.6) is 0 Å². The minimum Gasteiger partial charge on any atom is -0.336 e. The lowest BCUT2D eigenvalue weighted by molar-refractivity contribution is -0.705. The molecule has 0 aromatic heterocycles. The second-order valence-corrected chi connectivity index (χ2v) is 6.83. The molecule has 5 nitrogen and oxygen atoms in total. The highest BCUT2D eigenvalue weighted by atomic mass is 19.1. The van der Waals surface area contributed by atoms with Gasteiger partial charge in [-0.25, -0.2) is 9.18 Å². The normalized spacial score (nSPS) is 16.1. The van der Waals surface area contributed by atoms with Crippen molar-refractivity contribution in [2.75, 3.05) is 13.1 Å². The van der Waals surface area contributed by atoms with Crippen molar-refractivity contribution in [3.8, 4) is 0 Å². The molecule has 1 fully saturated rings. The number of hydrogen-bond acceptors (Lipinski definition) is 2. The summed E-state index contributed by atoms with van der Waals surface area (Å²) < 4.78 is 13.8. The minimum absolute atomic E-state index is 0.239. The lowest BCUT2D eigenvalue weighted by Gasteiger charge is -2.23. The van der Waals surface area contributed by atoms with Crippen molar-refractivity contribution in [1.82, 2.24) is 10.2 Å². The average molecular weight is 370 g/mol. The van der Waals surface area contributed by atoms with Crippen molar-refractivity contribution in [2.24, 2.45) is 0 Å². The fraction of sp³-hybridized carbons (Fsp3) is 0.333. The van der Waals surface area contributed by atoms with Crippen LogP contribution in [-0.2, 0) is 11.2 Å². The minimum atomic E-state index is -0.479. The van der Waals surface area contributed by atoms with E-state index in [1.165, 1.54) is 22.6 Å². The van der Waals surface area contributed by atoms with Crippen molar-refractivity contribution in [1.29, 1.82) is 0 Å². The van der Waals surface area contributed by atoms with Gasteiger partial charge in [0, 0.05) is 24.2 Å². The Morgan fingerprint density at radius 3 is 2.56 bits per heavy atom. The summed E-state index contributed by atoms with van der Waals surface area (Å²) in [5.74, 6) is -0.550. The van der Waals surface area contributed by atoms with E-state index in [4.69, 9.17) is 0 Å². The van der Waals surface area contributed by atoms with Crippen LogP contribution in [-0.4, -0.2) is 36.0 Å². The van der Waals surface area contributed by atoms with Crippen LogP contribution in [0.25, 0.3) is 0 Å². The van der Waals surface area contributed by atoms with E-state index in [1.807, 2.05) is 23.5 Å². The number of urea groups is 1. The molecule has 1 aliphatic rings. The summed E-state index contributed by atoms with van der Waals surface area (Å²) in [4.78, 5) is 25.7. The van der Waals surface area contributed by atoms with Crippen LogP contribution in [0.2, 0.25) is 0 Å². The van der Waals surface area contributed by atoms with Crippen LogP contribution in [0.1, 0.15) is 36.6 Å². The lowest BCUT2D eigenvalue weighted by Crippen LogP contribution is -2.92. The fourth-order valence-electron chi connectivity index (χ4n) is 3.37. The van der Waals surface area contributed by atoms with Crippen LogP contribution >= 0.6 is 0 Å². The summed E-state index contributed by atoms with van der Waals surface area (Å²) in [6.07, 6.45) is 0.938. The SMILES string of the molecule is CCc1ccc([C@H]([NH2+][C@@H](C)C(=O)N2CCNC2=O)c2cccc(F)c2)cc1. The van der Waals surface area contributed by atoms with Gasteiger partial charge in [-0.15, -0.1) is 0 Å². The lowest BCUT2D eigenvalue weighted by atomic mass is 9.96. The quantitative estimate of drug-likeness (QED) is 0.817. The van der Waals surface area contributed by atoms with Gasteiger partial charge in [0.15, 0.2) is 6.04 Å². The van der Waals surface area contributed by atoms with Crippen LogP contribution in [0.3, 0.4) is 0 Å². The second-order valence-electron chi connectivity index (χ2n) is 6.83. The van der Waals surface area contributed by atoms with Crippen LogP contribution in [0, 0.1) is 5.82 Å². The number of amides is 3. The van der Waals surface area contributed by atoms with E-state index in [9.17, 15) is 14.0 Å². The molecule has 1 aliphatic heterocycles. The number of aryl methyl sites for hydroxylation is 1. The van der Waals surface area contributed by atoms with Gasteiger partial charge >= 0.3 is 6.03 Å². The van der Waals surface area contributed by atoms with E-state index in [2.05, 4.69) is 24.4 Å². The third-order valence-electron chi connectivity index (χ3n) is 4.95. The van der Waals surface area contributed by atoms with Crippen molar-refractivity contribution in [3.05, 3.63) is 71.0 Å². The number of halogens is 1. The maximum atomic E-state index is 13.8. The van der Waals surface area contributed by atoms with Gasteiger partial charge in [0.2, 0.25) is 0 Å². The number of hydrogen-bond donors (Lipinski definition) is 2. The average Bonchev–Trinajstić information content (AvgIpc) is 3.11. The predicted octanol–water partition coefficient (Wildman–Crippen LogP) is 1.98. The first-order valence-electron chi connectivity index (χ1n) is 9.28. The molecule has 27 heavy (non-hydrogen) atoms. The standard InChI is InChI=1S/C21H24FN3O2/c1-3-15-7-9-16(10-8-15)19(17-5-4-6-18(22)13-17)24-14(2)20(26)25-12-11-23-21(25)27/h4-10,13-14,19,24H,3,11-12H2,1-2H3,(H,23,27)/p+1/t14-,19-/m0/s1. The number of carbonyl (C=O) groups is 2. The van der Waals surface area contributed by atoms with E-state index in [0.717, 1.165) is 17.5 Å². The third kappa shape index (κ3) is 4.34. The van der Waals surface area contributed by atoms with E-state index >= 15 is 0 Å². The molecule has 0 bridgehead atoms. The number of quaternary nitrogens is 1. The Bertz CT molecular complexity index is 822. The molecule has 6 heteroatoms. The van der Waals surface area contributed by atoms with Gasteiger partial charge in [-0.3, -0.25) is 9.69 Å². The molecule has 2 aromatic carbocycles. The zero-order chi connectivity index (χ0) is 19.4. The molecule has 3 amide bonds. The number of nitrogens with one attached hydrogen (secondary N) is 1.